The second-order valence-electron chi connectivity index (χ2n) is 4.62. The molecule has 0 aliphatic carbocycles. The minimum Gasteiger partial charge on any atom is -0.405 e. The van der Waals surface area contributed by atoms with Crippen LogP contribution in [0, 0.1) is 0 Å². The number of benzene rings is 2. The quantitative estimate of drug-likeness (QED) is 0.757. The molecule has 0 bridgehead atoms. The van der Waals surface area contributed by atoms with E-state index in [4.69, 9.17) is 5.73 Å². The molecule has 0 aliphatic rings. The minimum absolute atomic E-state index is 0. The van der Waals surface area contributed by atoms with Crippen molar-refractivity contribution >= 4 is 12.4 Å². The Morgan fingerprint density at radius 2 is 1.50 bits per heavy atom. The molecule has 9 heteroatoms. The summed E-state index contributed by atoms with van der Waals surface area (Å²) < 4.78 is 79.4. The zero-order chi connectivity index (χ0) is 17.3. The summed E-state index contributed by atoms with van der Waals surface area (Å²) in [5, 5.41) is 0. The molecule has 2 nitrogen and oxygen atoms in total. The van der Waals surface area contributed by atoms with Gasteiger partial charge in [0.25, 0.3) is 0 Å². The zero-order valence-corrected chi connectivity index (χ0v) is 12.7. The second kappa shape index (κ2) is 7.31. The molecule has 0 atom stereocenters. The van der Waals surface area contributed by atoms with Gasteiger partial charge in [-0.25, -0.2) is 0 Å². The largest absolute Gasteiger partial charge is 0.573 e. The first-order chi connectivity index (χ1) is 10.6. The van der Waals surface area contributed by atoms with Crippen molar-refractivity contribution in [2.45, 2.75) is 19.1 Å². The lowest BCUT2D eigenvalue weighted by Gasteiger charge is -2.16. The van der Waals surface area contributed by atoms with Crippen LogP contribution < -0.4 is 10.5 Å². The van der Waals surface area contributed by atoms with E-state index >= 15 is 0 Å². The summed E-state index contributed by atoms with van der Waals surface area (Å²) in [6, 6.07) is 7.89. The number of para-hydroxylation sites is 1. The molecule has 2 aromatic rings. The lowest BCUT2D eigenvalue weighted by molar-refractivity contribution is -0.274. The Bertz CT molecular complexity index is 699. The van der Waals surface area contributed by atoms with Gasteiger partial charge >= 0.3 is 12.5 Å². The van der Waals surface area contributed by atoms with Crippen LogP contribution in [0.1, 0.15) is 11.1 Å². The smallest absolute Gasteiger partial charge is 0.405 e. The highest BCUT2D eigenvalue weighted by molar-refractivity contribution is 5.85. The Hall–Kier alpha value is -1.93. The first kappa shape index (κ1) is 20.1. The second-order valence-corrected chi connectivity index (χ2v) is 4.62. The van der Waals surface area contributed by atoms with Crippen LogP contribution in [0.15, 0.2) is 42.5 Å². The van der Waals surface area contributed by atoms with Gasteiger partial charge in [-0.2, -0.15) is 13.2 Å². The summed E-state index contributed by atoms with van der Waals surface area (Å²) in [7, 11) is 0. The fraction of sp³-hybridized carbons (Fsp3) is 0.200. The summed E-state index contributed by atoms with van der Waals surface area (Å²) in [6.07, 6.45) is -9.48. The number of halogens is 7. The van der Waals surface area contributed by atoms with E-state index in [0.29, 0.717) is 0 Å². The van der Waals surface area contributed by atoms with Crippen molar-refractivity contribution in [2.75, 3.05) is 0 Å². The molecule has 0 fully saturated rings. The van der Waals surface area contributed by atoms with Gasteiger partial charge in [0.1, 0.15) is 5.75 Å². The van der Waals surface area contributed by atoms with Crippen LogP contribution in [0.3, 0.4) is 0 Å². The first-order valence-corrected chi connectivity index (χ1v) is 6.37. The van der Waals surface area contributed by atoms with Crippen molar-refractivity contribution in [1.82, 2.24) is 0 Å². The van der Waals surface area contributed by atoms with Crippen molar-refractivity contribution in [2.24, 2.45) is 5.73 Å². The van der Waals surface area contributed by atoms with Crippen LogP contribution >= 0.6 is 12.4 Å². The monoisotopic (exact) mass is 371 g/mol. The molecule has 0 heterocycles. The lowest BCUT2D eigenvalue weighted by Crippen LogP contribution is -2.17. The van der Waals surface area contributed by atoms with Crippen LogP contribution in [0.5, 0.6) is 5.75 Å². The normalized spacial score (nSPS) is 11.8. The van der Waals surface area contributed by atoms with Crippen molar-refractivity contribution in [3.05, 3.63) is 53.6 Å². The Kier molecular flexibility index (Phi) is 6.13. The van der Waals surface area contributed by atoms with Crippen molar-refractivity contribution < 1.29 is 31.1 Å². The van der Waals surface area contributed by atoms with Crippen LogP contribution in [-0.2, 0) is 12.7 Å². The fourth-order valence-corrected chi connectivity index (χ4v) is 2.10. The Morgan fingerprint density at radius 3 is 2.04 bits per heavy atom. The Morgan fingerprint density at radius 1 is 0.875 bits per heavy atom. The van der Waals surface area contributed by atoms with Crippen molar-refractivity contribution in [1.29, 1.82) is 0 Å². The van der Waals surface area contributed by atoms with E-state index in [1.165, 1.54) is 18.2 Å². The lowest BCUT2D eigenvalue weighted by atomic mass is 9.96. The fourth-order valence-electron chi connectivity index (χ4n) is 2.10. The Labute approximate surface area is 139 Å². The van der Waals surface area contributed by atoms with Gasteiger partial charge in [0, 0.05) is 12.1 Å². The van der Waals surface area contributed by atoms with E-state index in [0.717, 1.165) is 24.3 Å². The van der Waals surface area contributed by atoms with Crippen molar-refractivity contribution in [3.8, 4) is 16.9 Å². The van der Waals surface area contributed by atoms with Crippen LogP contribution in [0.4, 0.5) is 26.3 Å². The van der Waals surface area contributed by atoms with E-state index in [1.807, 2.05) is 0 Å². The highest BCUT2D eigenvalue weighted by Crippen LogP contribution is 2.38. The number of nitrogens with two attached hydrogens (primary N) is 1. The SMILES string of the molecule is Cl.NCc1cc(C(F)(F)F)ccc1-c1ccccc1OC(F)(F)F. The number of ether oxygens (including phenoxy) is 1. The maximum atomic E-state index is 12.7. The summed E-state index contributed by atoms with van der Waals surface area (Å²) in [5.41, 5.74) is 4.76. The van der Waals surface area contributed by atoms with Crippen molar-refractivity contribution in [3.63, 3.8) is 0 Å². The van der Waals surface area contributed by atoms with Gasteiger partial charge < -0.3 is 10.5 Å². The zero-order valence-electron chi connectivity index (χ0n) is 11.9. The predicted molar refractivity (Wildman–Crippen MR) is 78.7 cm³/mol. The van der Waals surface area contributed by atoms with E-state index in [1.54, 1.807) is 0 Å². The first-order valence-electron chi connectivity index (χ1n) is 6.37. The molecule has 0 saturated heterocycles. The summed E-state index contributed by atoms with van der Waals surface area (Å²) >= 11 is 0. The molecule has 0 amide bonds. The molecule has 0 saturated carbocycles. The molecule has 2 N–H and O–H groups in total. The van der Waals surface area contributed by atoms with Crippen LogP contribution in [0.2, 0.25) is 0 Å². The topological polar surface area (TPSA) is 35.2 Å². The Balaban J connectivity index is 0.00000288. The molecule has 24 heavy (non-hydrogen) atoms. The van der Waals surface area contributed by atoms with Gasteiger partial charge in [0.15, 0.2) is 0 Å². The van der Waals surface area contributed by atoms with Gasteiger partial charge in [-0.15, -0.1) is 25.6 Å². The molecular formula is C15H12ClF6NO. The third-order valence-corrected chi connectivity index (χ3v) is 3.06. The molecule has 0 radical (unpaired) electrons. The van der Waals surface area contributed by atoms with Crippen LogP contribution in [-0.4, -0.2) is 6.36 Å². The van der Waals surface area contributed by atoms with Gasteiger partial charge in [-0.3, -0.25) is 0 Å². The average molecular weight is 372 g/mol. The molecule has 132 valence electrons. The third-order valence-electron chi connectivity index (χ3n) is 3.06. The summed E-state index contributed by atoms with van der Waals surface area (Å²) in [5.74, 6) is -0.505. The highest BCUT2D eigenvalue weighted by Gasteiger charge is 2.33. The molecule has 0 unspecified atom stereocenters. The molecule has 2 rings (SSSR count). The highest BCUT2D eigenvalue weighted by atomic mass is 35.5. The molecular weight excluding hydrogens is 360 g/mol. The number of hydrogen-bond donors (Lipinski definition) is 1. The number of alkyl halides is 6. The molecule has 0 aromatic heterocycles. The minimum atomic E-state index is -4.91. The predicted octanol–water partition coefficient (Wildman–Crippen LogP) is 5.15. The average Bonchev–Trinajstić information content (AvgIpc) is 2.44. The molecule has 0 aliphatic heterocycles. The molecule has 0 spiro atoms. The number of hydrogen-bond acceptors (Lipinski definition) is 2. The van der Waals surface area contributed by atoms with Gasteiger partial charge in [-0.1, -0.05) is 24.3 Å². The maximum absolute atomic E-state index is 12.7. The van der Waals surface area contributed by atoms with E-state index in [2.05, 4.69) is 4.74 Å². The standard InChI is InChI=1S/C15H11F6NO.ClH/c16-14(17,18)10-5-6-11(9(7-10)8-22)12-3-1-2-4-13(12)23-15(19,20)21;/h1-7H,8,22H2;1H. The van der Waals surface area contributed by atoms with Gasteiger partial charge in [-0.05, 0) is 29.3 Å². The van der Waals surface area contributed by atoms with Crippen LogP contribution in [0.25, 0.3) is 11.1 Å². The van der Waals surface area contributed by atoms with E-state index < -0.39 is 23.9 Å². The van der Waals surface area contributed by atoms with E-state index in [9.17, 15) is 26.3 Å². The van der Waals surface area contributed by atoms with Gasteiger partial charge in [0.2, 0.25) is 0 Å². The van der Waals surface area contributed by atoms with Gasteiger partial charge in [0.05, 0.1) is 5.56 Å². The van der Waals surface area contributed by atoms with E-state index in [-0.39, 0.29) is 35.6 Å². The maximum Gasteiger partial charge on any atom is 0.573 e. The third kappa shape index (κ3) is 4.78. The summed E-state index contributed by atoms with van der Waals surface area (Å²) in [4.78, 5) is 0. The molecule has 2 aromatic carbocycles. The summed E-state index contributed by atoms with van der Waals surface area (Å²) in [6.45, 7) is -0.264. The number of rotatable bonds is 3.